The van der Waals surface area contributed by atoms with Gasteiger partial charge in [0.15, 0.2) is 0 Å². The van der Waals surface area contributed by atoms with Crippen LogP contribution < -0.4 is 10.6 Å². The maximum atomic E-state index is 12.4. The van der Waals surface area contributed by atoms with E-state index >= 15 is 0 Å². The number of benzene rings is 3. The highest BCUT2D eigenvalue weighted by molar-refractivity contribution is 6.44. The lowest BCUT2D eigenvalue weighted by molar-refractivity contribution is -0.132. The molecule has 3 aromatic carbocycles. The summed E-state index contributed by atoms with van der Waals surface area (Å²) in [5.74, 6) is -2.33. The number of aromatic hydroxyl groups is 1. The third-order valence-corrected chi connectivity index (χ3v) is 4.48. The number of phenols is 1. The molecule has 7 heteroatoms. The third-order valence-electron chi connectivity index (χ3n) is 4.48. The van der Waals surface area contributed by atoms with E-state index in [0.717, 1.165) is 12.8 Å². The molecule has 3 rings (SSSR count). The Bertz CT molecular complexity index is 1090. The first kappa shape index (κ1) is 20.9. The lowest BCUT2D eigenvalue weighted by atomic mass is 10.1. The number of nitrogens with one attached hydrogen (secondary N) is 2. The van der Waals surface area contributed by atoms with Crippen molar-refractivity contribution in [2.24, 2.45) is 0 Å². The zero-order valence-electron chi connectivity index (χ0n) is 16.5. The molecular formula is C23H22N2O5. The average Bonchev–Trinajstić information content (AvgIpc) is 2.75. The Balaban J connectivity index is 1.74. The van der Waals surface area contributed by atoms with E-state index in [-0.39, 0.29) is 23.6 Å². The van der Waals surface area contributed by atoms with Gasteiger partial charge in [0.05, 0.1) is 17.9 Å². The Kier molecular flexibility index (Phi) is 6.64. The van der Waals surface area contributed by atoms with Crippen molar-refractivity contribution in [3.8, 4) is 5.75 Å². The van der Waals surface area contributed by atoms with Gasteiger partial charge < -0.3 is 20.5 Å². The SMILES string of the molecule is CCCCOC(=O)c1ccccc1NC(=O)C(=O)Nc1cccc2c(O)cccc12. The van der Waals surface area contributed by atoms with Crippen molar-refractivity contribution in [2.45, 2.75) is 19.8 Å². The van der Waals surface area contributed by atoms with Crippen molar-refractivity contribution in [1.82, 2.24) is 0 Å². The van der Waals surface area contributed by atoms with Crippen LogP contribution in [0, 0.1) is 0 Å². The van der Waals surface area contributed by atoms with Gasteiger partial charge >= 0.3 is 17.8 Å². The smallest absolute Gasteiger partial charge is 0.340 e. The third kappa shape index (κ3) is 4.75. The number of phenolic OH excluding ortho intramolecular Hbond substituents is 1. The molecule has 2 amide bonds. The molecule has 0 aliphatic carbocycles. The molecular weight excluding hydrogens is 384 g/mol. The lowest BCUT2D eigenvalue weighted by Crippen LogP contribution is -2.29. The molecule has 0 unspecified atom stereocenters. The second-order valence-electron chi connectivity index (χ2n) is 6.62. The van der Waals surface area contributed by atoms with E-state index < -0.39 is 17.8 Å². The van der Waals surface area contributed by atoms with Crippen LogP contribution in [0.25, 0.3) is 10.8 Å². The molecule has 154 valence electrons. The van der Waals surface area contributed by atoms with Gasteiger partial charge in [0.25, 0.3) is 0 Å². The van der Waals surface area contributed by atoms with E-state index in [1.807, 2.05) is 6.92 Å². The summed E-state index contributed by atoms with van der Waals surface area (Å²) in [6.07, 6.45) is 1.63. The number of anilines is 2. The number of amides is 2. The van der Waals surface area contributed by atoms with Gasteiger partial charge in [-0.05, 0) is 30.7 Å². The number of fused-ring (bicyclic) bond motifs is 1. The van der Waals surface area contributed by atoms with E-state index in [9.17, 15) is 19.5 Å². The van der Waals surface area contributed by atoms with Gasteiger partial charge in [-0.1, -0.05) is 49.7 Å². The molecule has 0 saturated carbocycles. The highest BCUT2D eigenvalue weighted by atomic mass is 16.5. The molecule has 0 saturated heterocycles. The summed E-state index contributed by atoms with van der Waals surface area (Å²) >= 11 is 0. The van der Waals surface area contributed by atoms with Crippen LogP contribution in [-0.4, -0.2) is 29.5 Å². The van der Waals surface area contributed by atoms with Crippen molar-refractivity contribution in [1.29, 1.82) is 0 Å². The molecule has 0 atom stereocenters. The van der Waals surface area contributed by atoms with Crippen LogP contribution in [-0.2, 0) is 14.3 Å². The van der Waals surface area contributed by atoms with E-state index in [2.05, 4.69) is 10.6 Å². The molecule has 0 radical (unpaired) electrons. The molecule has 30 heavy (non-hydrogen) atoms. The fraction of sp³-hybridized carbons (Fsp3) is 0.174. The normalized spacial score (nSPS) is 10.4. The zero-order chi connectivity index (χ0) is 21.5. The Hall–Kier alpha value is -3.87. The fourth-order valence-corrected chi connectivity index (χ4v) is 2.92. The van der Waals surface area contributed by atoms with Gasteiger partial charge in [-0.3, -0.25) is 9.59 Å². The van der Waals surface area contributed by atoms with Gasteiger partial charge in [0, 0.05) is 16.5 Å². The number of rotatable bonds is 6. The Morgan fingerprint density at radius 2 is 1.47 bits per heavy atom. The highest BCUT2D eigenvalue weighted by Crippen LogP contribution is 2.29. The number of esters is 1. The number of carbonyl (C=O) groups is 3. The summed E-state index contributed by atoms with van der Waals surface area (Å²) in [6.45, 7) is 2.27. The van der Waals surface area contributed by atoms with Gasteiger partial charge in [-0.2, -0.15) is 0 Å². The first-order chi connectivity index (χ1) is 14.5. The summed E-state index contributed by atoms with van der Waals surface area (Å²) in [4.78, 5) is 37.1. The van der Waals surface area contributed by atoms with E-state index in [0.29, 0.717) is 16.5 Å². The molecule has 0 aliphatic heterocycles. The molecule has 3 N–H and O–H groups in total. The number of unbranched alkanes of at least 4 members (excludes halogenated alkanes) is 1. The summed E-state index contributed by atoms with van der Waals surface area (Å²) in [5, 5.41) is 16.1. The molecule has 0 fully saturated rings. The number of carbonyl (C=O) groups excluding carboxylic acids is 3. The van der Waals surface area contributed by atoms with E-state index in [1.165, 1.54) is 18.2 Å². The molecule has 0 aliphatic rings. The van der Waals surface area contributed by atoms with Crippen molar-refractivity contribution >= 4 is 39.9 Å². The van der Waals surface area contributed by atoms with Crippen LogP contribution in [0.4, 0.5) is 11.4 Å². The summed E-state index contributed by atoms with van der Waals surface area (Å²) < 4.78 is 5.19. The standard InChI is InChI=1S/C23H22N2O5/c1-2-3-14-30-23(29)17-8-4-5-11-19(17)25-22(28)21(27)24-18-12-6-10-16-15(18)9-7-13-20(16)26/h4-13,26H,2-3,14H2,1H3,(H,24,27)(H,25,28). The minimum atomic E-state index is -0.930. The Labute approximate surface area is 173 Å². The van der Waals surface area contributed by atoms with Crippen LogP contribution in [0.1, 0.15) is 30.1 Å². The number of hydrogen-bond acceptors (Lipinski definition) is 5. The Morgan fingerprint density at radius 3 is 2.23 bits per heavy atom. The molecule has 0 aromatic heterocycles. The summed E-state index contributed by atoms with van der Waals surface area (Å²) in [7, 11) is 0. The monoisotopic (exact) mass is 406 g/mol. The average molecular weight is 406 g/mol. The quantitative estimate of drug-likeness (QED) is 0.325. The van der Waals surface area contributed by atoms with Crippen LogP contribution >= 0.6 is 0 Å². The first-order valence-corrected chi connectivity index (χ1v) is 9.60. The van der Waals surface area contributed by atoms with Gasteiger partial charge in [0.2, 0.25) is 0 Å². The minimum absolute atomic E-state index is 0.0727. The second-order valence-corrected chi connectivity index (χ2v) is 6.62. The van der Waals surface area contributed by atoms with Gasteiger partial charge in [0.1, 0.15) is 5.75 Å². The Morgan fingerprint density at radius 1 is 0.833 bits per heavy atom. The summed E-state index contributed by atoms with van der Waals surface area (Å²) in [5.41, 5.74) is 0.746. The maximum Gasteiger partial charge on any atom is 0.340 e. The molecule has 0 spiro atoms. The van der Waals surface area contributed by atoms with Gasteiger partial charge in [-0.15, -0.1) is 0 Å². The number of hydrogen-bond donors (Lipinski definition) is 3. The summed E-state index contributed by atoms with van der Waals surface area (Å²) in [6, 6.07) is 16.3. The van der Waals surface area contributed by atoms with Gasteiger partial charge in [-0.25, -0.2) is 4.79 Å². The fourth-order valence-electron chi connectivity index (χ4n) is 2.92. The van der Waals surface area contributed by atoms with Crippen LogP contribution in [0.3, 0.4) is 0 Å². The largest absolute Gasteiger partial charge is 0.507 e. The molecule has 0 bridgehead atoms. The van der Waals surface area contributed by atoms with Crippen LogP contribution in [0.15, 0.2) is 60.7 Å². The van der Waals surface area contributed by atoms with Crippen LogP contribution in [0.5, 0.6) is 5.75 Å². The number of para-hydroxylation sites is 1. The maximum absolute atomic E-state index is 12.4. The zero-order valence-corrected chi connectivity index (χ0v) is 16.5. The predicted octanol–water partition coefficient (Wildman–Crippen LogP) is 4.08. The molecule has 0 heterocycles. The molecule has 7 nitrogen and oxygen atoms in total. The predicted molar refractivity (Wildman–Crippen MR) is 115 cm³/mol. The van der Waals surface area contributed by atoms with E-state index in [1.54, 1.807) is 42.5 Å². The number of ether oxygens (including phenoxy) is 1. The van der Waals surface area contributed by atoms with Crippen molar-refractivity contribution < 1.29 is 24.2 Å². The lowest BCUT2D eigenvalue weighted by Gasteiger charge is -2.12. The van der Waals surface area contributed by atoms with Crippen LogP contribution in [0.2, 0.25) is 0 Å². The second kappa shape index (κ2) is 9.56. The topological polar surface area (TPSA) is 105 Å². The minimum Gasteiger partial charge on any atom is -0.507 e. The van der Waals surface area contributed by atoms with Crippen molar-refractivity contribution in [2.75, 3.05) is 17.2 Å². The molecule has 3 aromatic rings. The highest BCUT2D eigenvalue weighted by Gasteiger charge is 2.19. The first-order valence-electron chi connectivity index (χ1n) is 9.60. The van der Waals surface area contributed by atoms with E-state index in [4.69, 9.17) is 4.74 Å². The van der Waals surface area contributed by atoms with Crippen molar-refractivity contribution in [3.63, 3.8) is 0 Å². The van der Waals surface area contributed by atoms with Crippen molar-refractivity contribution in [3.05, 3.63) is 66.2 Å².